The molecule has 0 saturated carbocycles. The molecular weight excluding hydrogens is 135 g/mol. The third kappa shape index (κ3) is 11.5. The fraction of sp³-hybridized carbons (Fsp3) is 0.750. The second-order valence-electron chi connectivity index (χ2n) is 2.20. The van der Waals surface area contributed by atoms with Gasteiger partial charge in [-0.15, -0.1) is 13.2 Å². The molecule has 0 aromatic heterocycles. The molecule has 0 rings (SSSR count). The summed E-state index contributed by atoms with van der Waals surface area (Å²) in [5.74, 6) is 0. The Morgan fingerprint density at radius 3 is 2.20 bits per heavy atom. The van der Waals surface area contributed by atoms with Gasteiger partial charge < -0.3 is 5.11 Å². The molecule has 0 aromatic rings. The van der Waals surface area contributed by atoms with E-state index in [0.29, 0.717) is 0 Å². The van der Waals surface area contributed by atoms with Crippen LogP contribution in [0.25, 0.3) is 0 Å². The Labute approximate surface area is 85.8 Å². The molecule has 0 amide bonds. The van der Waals surface area contributed by atoms with E-state index >= 15 is 0 Å². The third-order valence-electron chi connectivity index (χ3n) is 1.30. The predicted octanol–water partition coefficient (Wildman–Crippen LogP) is -1.51. The summed E-state index contributed by atoms with van der Waals surface area (Å²) in [5, 5.41) is 9.94. The van der Waals surface area contributed by atoms with Crippen LogP contribution in [0.2, 0.25) is 0 Å². The van der Waals surface area contributed by atoms with E-state index in [2.05, 4.69) is 6.58 Å². The average molecular weight is 150 g/mol. The number of rotatable bonds is 6. The van der Waals surface area contributed by atoms with Gasteiger partial charge in [0.1, 0.15) is 0 Å². The van der Waals surface area contributed by atoms with Gasteiger partial charge in [-0.05, 0) is 12.8 Å². The maximum Gasteiger partial charge on any atom is 1.00 e. The van der Waals surface area contributed by atoms with Gasteiger partial charge in [0, 0.05) is 0 Å². The molecule has 0 saturated heterocycles. The van der Waals surface area contributed by atoms with Crippen molar-refractivity contribution in [1.29, 1.82) is 0 Å². The summed E-state index contributed by atoms with van der Waals surface area (Å²) in [5.41, 5.74) is 0. The third-order valence-corrected chi connectivity index (χ3v) is 1.30. The van der Waals surface area contributed by atoms with Gasteiger partial charge in [0.15, 0.2) is 0 Å². The van der Waals surface area contributed by atoms with E-state index in [1.54, 1.807) is 0 Å². The van der Waals surface area contributed by atoms with Crippen molar-refractivity contribution in [2.24, 2.45) is 0 Å². The molecule has 1 nitrogen and oxygen atoms in total. The van der Waals surface area contributed by atoms with E-state index in [0.717, 1.165) is 19.3 Å². The van der Waals surface area contributed by atoms with Crippen molar-refractivity contribution in [2.75, 3.05) is 6.61 Å². The molecule has 0 unspecified atom stereocenters. The minimum Gasteiger partial charge on any atom is -0.854 e. The fourth-order valence-electron chi connectivity index (χ4n) is 0.744. The van der Waals surface area contributed by atoms with Crippen molar-refractivity contribution in [3.8, 4) is 0 Å². The van der Waals surface area contributed by atoms with Gasteiger partial charge in [-0.2, -0.15) is 0 Å². The molecule has 0 heterocycles. The first-order valence-corrected chi connectivity index (χ1v) is 3.61. The summed E-state index contributed by atoms with van der Waals surface area (Å²) in [6, 6.07) is 0. The molecule has 0 aliphatic rings. The van der Waals surface area contributed by atoms with Gasteiger partial charge in [0.05, 0.1) is 0 Å². The summed E-state index contributed by atoms with van der Waals surface area (Å²) in [4.78, 5) is 0. The van der Waals surface area contributed by atoms with Gasteiger partial charge >= 0.3 is 29.6 Å². The summed E-state index contributed by atoms with van der Waals surface area (Å²) in [7, 11) is 0. The standard InChI is InChI=1S/C8H15O.Na/c1-2-3-4-5-6-7-8-9;/h2H,1,3-8H2;/q-1;+1. The van der Waals surface area contributed by atoms with Crippen LogP contribution in [0.5, 0.6) is 0 Å². The molecule has 0 aliphatic heterocycles. The monoisotopic (exact) mass is 150 g/mol. The Kier molecular flexibility index (Phi) is 16.5. The van der Waals surface area contributed by atoms with Crippen LogP contribution in [0, 0.1) is 0 Å². The van der Waals surface area contributed by atoms with Crippen molar-refractivity contribution in [2.45, 2.75) is 32.1 Å². The van der Waals surface area contributed by atoms with Crippen LogP contribution >= 0.6 is 0 Å². The molecule has 0 bridgehead atoms. The Hall–Kier alpha value is 0.700. The average Bonchev–Trinajstić information content (AvgIpc) is 1.89. The van der Waals surface area contributed by atoms with Crippen molar-refractivity contribution in [3.05, 3.63) is 12.7 Å². The van der Waals surface area contributed by atoms with Crippen molar-refractivity contribution in [1.82, 2.24) is 0 Å². The van der Waals surface area contributed by atoms with E-state index in [9.17, 15) is 5.11 Å². The Bertz CT molecular complexity index is 64.3. The van der Waals surface area contributed by atoms with Crippen molar-refractivity contribution >= 4 is 0 Å². The minimum atomic E-state index is 0. The zero-order valence-corrected chi connectivity index (χ0v) is 8.94. The van der Waals surface area contributed by atoms with E-state index in [-0.39, 0.29) is 36.2 Å². The first-order valence-electron chi connectivity index (χ1n) is 3.61. The van der Waals surface area contributed by atoms with Gasteiger partial charge in [0.2, 0.25) is 0 Å². The second kappa shape index (κ2) is 12.4. The topological polar surface area (TPSA) is 23.1 Å². The second-order valence-corrected chi connectivity index (χ2v) is 2.20. The minimum absolute atomic E-state index is 0. The molecule has 54 valence electrons. The van der Waals surface area contributed by atoms with Crippen molar-refractivity contribution in [3.63, 3.8) is 0 Å². The quantitative estimate of drug-likeness (QED) is 0.256. The van der Waals surface area contributed by atoms with Gasteiger partial charge in [-0.3, -0.25) is 0 Å². The Morgan fingerprint density at radius 1 is 1.10 bits per heavy atom. The SMILES string of the molecule is C=CCCCCCC[O-].[Na+]. The molecule has 0 aromatic carbocycles. The van der Waals surface area contributed by atoms with Crippen LogP contribution in [0.3, 0.4) is 0 Å². The molecule has 0 atom stereocenters. The summed E-state index contributed by atoms with van der Waals surface area (Å²) in [6.45, 7) is 3.71. The zero-order valence-electron chi connectivity index (χ0n) is 6.94. The molecule has 0 fully saturated rings. The molecule has 0 N–H and O–H groups in total. The smallest absolute Gasteiger partial charge is 0.854 e. The van der Waals surface area contributed by atoms with Crippen LogP contribution in [-0.2, 0) is 0 Å². The first-order chi connectivity index (χ1) is 4.41. The fourth-order valence-corrected chi connectivity index (χ4v) is 0.744. The van der Waals surface area contributed by atoms with E-state index in [4.69, 9.17) is 0 Å². The molecule has 10 heavy (non-hydrogen) atoms. The molecule has 0 spiro atoms. The van der Waals surface area contributed by atoms with Gasteiger partial charge in [-0.1, -0.05) is 25.3 Å². The van der Waals surface area contributed by atoms with Gasteiger partial charge in [0.25, 0.3) is 0 Å². The van der Waals surface area contributed by atoms with E-state index in [1.165, 1.54) is 12.8 Å². The summed E-state index contributed by atoms with van der Waals surface area (Å²) in [6.07, 6.45) is 7.35. The predicted molar refractivity (Wildman–Crippen MR) is 38.1 cm³/mol. The summed E-state index contributed by atoms with van der Waals surface area (Å²) >= 11 is 0. The van der Waals surface area contributed by atoms with Gasteiger partial charge in [-0.25, -0.2) is 0 Å². The largest absolute Gasteiger partial charge is 1.00 e. The number of allylic oxidation sites excluding steroid dienone is 1. The maximum atomic E-state index is 9.94. The van der Waals surface area contributed by atoms with Crippen LogP contribution in [-0.4, -0.2) is 6.61 Å². The molecule has 2 heteroatoms. The van der Waals surface area contributed by atoms with Crippen LogP contribution in [0.1, 0.15) is 32.1 Å². The first kappa shape index (κ1) is 13.3. The van der Waals surface area contributed by atoms with Crippen LogP contribution in [0.4, 0.5) is 0 Å². The number of hydrogen-bond acceptors (Lipinski definition) is 1. The molecule has 0 radical (unpaired) electrons. The Balaban J connectivity index is 0. The molecular formula is C8H15NaO. The zero-order chi connectivity index (χ0) is 6.95. The summed E-state index contributed by atoms with van der Waals surface area (Å²) < 4.78 is 0. The maximum absolute atomic E-state index is 9.94. The van der Waals surface area contributed by atoms with Crippen LogP contribution < -0.4 is 34.7 Å². The molecule has 0 aliphatic carbocycles. The Morgan fingerprint density at radius 2 is 1.70 bits per heavy atom. The number of hydrogen-bond donors (Lipinski definition) is 0. The van der Waals surface area contributed by atoms with Crippen molar-refractivity contribution < 1.29 is 34.7 Å². The van der Waals surface area contributed by atoms with E-state index in [1.807, 2.05) is 6.08 Å². The normalized spacial score (nSPS) is 8.50. The van der Waals surface area contributed by atoms with Crippen LogP contribution in [0.15, 0.2) is 12.7 Å². The number of unbranched alkanes of at least 4 members (excludes halogenated alkanes) is 4. The van der Waals surface area contributed by atoms with E-state index < -0.39 is 0 Å².